The first-order chi connectivity index (χ1) is 10.7. The normalized spacial score (nSPS) is 19.9. The highest BCUT2D eigenvalue weighted by Gasteiger charge is 2.32. The van der Waals surface area contributed by atoms with E-state index in [0.717, 1.165) is 25.8 Å². The van der Waals surface area contributed by atoms with E-state index in [2.05, 4.69) is 4.98 Å². The first-order valence-electron chi connectivity index (χ1n) is 7.44. The lowest BCUT2D eigenvalue weighted by atomic mass is 10.0. The molecule has 0 saturated carbocycles. The van der Waals surface area contributed by atoms with Crippen molar-refractivity contribution in [2.75, 3.05) is 31.1 Å². The van der Waals surface area contributed by atoms with E-state index in [1.54, 1.807) is 17.2 Å². The quantitative estimate of drug-likeness (QED) is 0.625. The second-order valence-corrected chi connectivity index (χ2v) is 5.48. The molecule has 1 aromatic heterocycles. The van der Waals surface area contributed by atoms with E-state index >= 15 is 0 Å². The van der Waals surface area contributed by atoms with Gasteiger partial charge in [0, 0.05) is 37.9 Å². The van der Waals surface area contributed by atoms with E-state index in [4.69, 9.17) is 4.74 Å². The maximum atomic E-state index is 11.8. The molecule has 118 valence electrons. The molecule has 0 spiro atoms. The van der Waals surface area contributed by atoms with Gasteiger partial charge in [-0.1, -0.05) is 0 Å². The minimum atomic E-state index is -0.406. The predicted octanol–water partition coefficient (Wildman–Crippen LogP) is 1.80. The molecule has 2 saturated heterocycles. The number of rotatable bonds is 3. The van der Waals surface area contributed by atoms with Gasteiger partial charge in [-0.25, -0.2) is 9.78 Å². The second-order valence-electron chi connectivity index (χ2n) is 5.48. The Morgan fingerprint density at radius 2 is 2.09 bits per heavy atom. The zero-order valence-corrected chi connectivity index (χ0v) is 12.2. The molecule has 0 bridgehead atoms. The van der Waals surface area contributed by atoms with Crippen LogP contribution in [-0.2, 0) is 4.74 Å². The molecule has 0 radical (unpaired) electrons. The third-order valence-corrected chi connectivity index (χ3v) is 4.17. The minimum Gasteiger partial charge on any atom is -0.449 e. The van der Waals surface area contributed by atoms with Crippen molar-refractivity contribution in [3.8, 4) is 0 Å². The molecule has 0 aliphatic carbocycles. The molecule has 22 heavy (non-hydrogen) atoms. The van der Waals surface area contributed by atoms with E-state index in [9.17, 15) is 14.9 Å². The van der Waals surface area contributed by atoms with Crippen molar-refractivity contribution in [1.82, 2.24) is 9.88 Å². The zero-order chi connectivity index (χ0) is 15.5. The van der Waals surface area contributed by atoms with Gasteiger partial charge in [-0.15, -0.1) is 0 Å². The summed E-state index contributed by atoms with van der Waals surface area (Å²) in [5.74, 6) is 0.409. The summed E-state index contributed by atoms with van der Waals surface area (Å²) >= 11 is 0. The summed E-state index contributed by atoms with van der Waals surface area (Å²) in [6.45, 7) is 2.51. The summed E-state index contributed by atoms with van der Waals surface area (Å²) in [5, 5.41) is 11.1. The van der Waals surface area contributed by atoms with Crippen molar-refractivity contribution in [2.24, 2.45) is 0 Å². The molecule has 8 heteroatoms. The fraction of sp³-hybridized carbons (Fsp3) is 0.571. The van der Waals surface area contributed by atoms with Crippen molar-refractivity contribution in [3.05, 3.63) is 28.4 Å². The number of carbonyl (C=O) groups is 1. The fourth-order valence-electron chi connectivity index (χ4n) is 3.06. The highest BCUT2D eigenvalue weighted by Crippen LogP contribution is 2.29. The molecule has 2 aliphatic heterocycles. The zero-order valence-electron chi connectivity index (χ0n) is 12.2. The number of pyridine rings is 1. The molecular formula is C14H18N4O4. The largest absolute Gasteiger partial charge is 0.449 e. The van der Waals surface area contributed by atoms with Crippen molar-refractivity contribution >= 4 is 17.6 Å². The van der Waals surface area contributed by atoms with Gasteiger partial charge in [0.2, 0.25) is 5.82 Å². The van der Waals surface area contributed by atoms with Crippen LogP contribution in [0, 0.1) is 10.1 Å². The van der Waals surface area contributed by atoms with Gasteiger partial charge in [-0.2, -0.15) is 0 Å². The van der Waals surface area contributed by atoms with Crippen molar-refractivity contribution < 1.29 is 14.5 Å². The minimum absolute atomic E-state index is 0.0262. The molecule has 2 fully saturated rings. The molecule has 0 N–H and O–H groups in total. The van der Waals surface area contributed by atoms with Gasteiger partial charge in [0.15, 0.2) is 0 Å². The van der Waals surface area contributed by atoms with E-state index in [0.29, 0.717) is 25.5 Å². The average Bonchev–Trinajstić information content (AvgIpc) is 2.55. The average molecular weight is 306 g/mol. The lowest BCUT2D eigenvalue weighted by Crippen LogP contribution is -2.50. The molecule has 0 aromatic carbocycles. The van der Waals surface area contributed by atoms with Gasteiger partial charge < -0.3 is 14.5 Å². The molecule has 3 heterocycles. The van der Waals surface area contributed by atoms with Gasteiger partial charge in [0.1, 0.15) is 0 Å². The summed E-state index contributed by atoms with van der Waals surface area (Å²) in [6, 6.07) is 3.18. The van der Waals surface area contributed by atoms with Crippen molar-refractivity contribution in [1.29, 1.82) is 0 Å². The third kappa shape index (κ3) is 2.81. The summed E-state index contributed by atoms with van der Waals surface area (Å²) in [4.78, 5) is 30.3. The van der Waals surface area contributed by atoms with Crippen LogP contribution in [0.1, 0.15) is 19.3 Å². The Balaban J connectivity index is 1.67. The van der Waals surface area contributed by atoms with Crippen LogP contribution in [-0.4, -0.2) is 53.2 Å². The van der Waals surface area contributed by atoms with Crippen LogP contribution >= 0.6 is 0 Å². The molecule has 0 unspecified atom stereocenters. The van der Waals surface area contributed by atoms with Crippen LogP contribution in [0.5, 0.6) is 0 Å². The number of cyclic esters (lactones) is 1. The molecule has 0 atom stereocenters. The number of ether oxygens (including phenoxy) is 1. The lowest BCUT2D eigenvalue weighted by Gasteiger charge is -2.39. The van der Waals surface area contributed by atoms with Crippen molar-refractivity contribution in [2.45, 2.75) is 25.3 Å². The molecule has 8 nitrogen and oxygen atoms in total. The Morgan fingerprint density at radius 1 is 1.32 bits per heavy atom. The van der Waals surface area contributed by atoms with Gasteiger partial charge in [0.25, 0.3) is 0 Å². The monoisotopic (exact) mass is 306 g/mol. The highest BCUT2D eigenvalue weighted by atomic mass is 16.6. The number of amides is 1. The molecule has 1 amide bonds. The fourth-order valence-corrected chi connectivity index (χ4v) is 3.06. The van der Waals surface area contributed by atoms with Crippen molar-refractivity contribution in [3.63, 3.8) is 0 Å². The first-order valence-corrected chi connectivity index (χ1v) is 7.44. The molecule has 3 rings (SSSR count). The van der Waals surface area contributed by atoms with Crippen LogP contribution in [0.2, 0.25) is 0 Å². The second kappa shape index (κ2) is 6.17. The Bertz CT molecular complexity index is 572. The van der Waals surface area contributed by atoms with E-state index in [-0.39, 0.29) is 17.8 Å². The number of anilines is 1. The maximum absolute atomic E-state index is 11.8. The van der Waals surface area contributed by atoms with Crippen LogP contribution < -0.4 is 4.90 Å². The Labute approximate surface area is 127 Å². The number of hydrogen-bond donors (Lipinski definition) is 0. The molecule has 2 aliphatic rings. The Kier molecular flexibility index (Phi) is 4.08. The number of aromatic nitrogens is 1. The molecule has 1 aromatic rings. The van der Waals surface area contributed by atoms with Gasteiger partial charge in [-0.05, 0) is 25.3 Å². The van der Waals surface area contributed by atoms with Crippen LogP contribution in [0.25, 0.3) is 0 Å². The standard InChI is InChI=1S/C14H18N4O4/c19-14-17(7-2-10-22-14)11-4-8-16(9-5-11)13-12(18(20)21)3-1-6-15-13/h1,3,6,11H,2,4-5,7-10H2. The number of hydrogen-bond acceptors (Lipinski definition) is 6. The third-order valence-electron chi connectivity index (χ3n) is 4.17. The summed E-state index contributed by atoms with van der Waals surface area (Å²) < 4.78 is 5.08. The maximum Gasteiger partial charge on any atom is 0.410 e. The summed E-state index contributed by atoms with van der Waals surface area (Å²) in [5.41, 5.74) is 0.0262. The van der Waals surface area contributed by atoms with Crippen LogP contribution in [0.4, 0.5) is 16.3 Å². The smallest absolute Gasteiger partial charge is 0.410 e. The van der Waals surface area contributed by atoms with Gasteiger partial charge >= 0.3 is 11.8 Å². The van der Waals surface area contributed by atoms with E-state index < -0.39 is 4.92 Å². The van der Waals surface area contributed by atoms with Crippen LogP contribution in [0.15, 0.2) is 18.3 Å². The summed E-state index contributed by atoms with van der Waals surface area (Å²) in [6.07, 6.45) is 3.72. The van der Waals surface area contributed by atoms with E-state index in [1.807, 2.05) is 4.90 Å². The Morgan fingerprint density at radius 3 is 2.77 bits per heavy atom. The van der Waals surface area contributed by atoms with Crippen LogP contribution in [0.3, 0.4) is 0 Å². The van der Waals surface area contributed by atoms with Gasteiger partial charge in [-0.3, -0.25) is 10.1 Å². The summed E-state index contributed by atoms with van der Waals surface area (Å²) in [7, 11) is 0. The Hall–Kier alpha value is -2.38. The van der Waals surface area contributed by atoms with E-state index in [1.165, 1.54) is 6.07 Å². The lowest BCUT2D eigenvalue weighted by molar-refractivity contribution is -0.384. The number of piperidine rings is 1. The topological polar surface area (TPSA) is 88.8 Å². The van der Waals surface area contributed by atoms with Gasteiger partial charge in [0.05, 0.1) is 11.5 Å². The predicted molar refractivity (Wildman–Crippen MR) is 78.8 cm³/mol. The highest BCUT2D eigenvalue weighted by molar-refractivity contribution is 5.68. The number of carbonyl (C=O) groups excluding carboxylic acids is 1. The first kappa shape index (κ1) is 14.6. The molecular weight excluding hydrogens is 288 g/mol. The number of nitro groups is 1. The number of nitrogens with zero attached hydrogens (tertiary/aromatic N) is 4. The SMILES string of the molecule is O=C1OCCCN1C1CCN(c2ncccc2[N+](=O)[O-])CC1.